The molecule has 3 N–H and O–H groups in total. The van der Waals surface area contributed by atoms with Gasteiger partial charge in [0.1, 0.15) is 5.82 Å². The van der Waals surface area contributed by atoms with Crippen molar-refractivity contribution < 1.29 is 24.2 Å². The summed E-state index contributed by atoms with van der Waals surface area (Å²) in [6.07, 6.45) is 0. The molecule has 0 atom stereocenters. The summed E-state index contributed by atoms with van der Waals surface area (Å²) in [5.74, 6) is -1.70. The van der Waals surface area contributed by atoms with Gasteiger partial charge in [-0.3, -0.25) is 23.9 Å². The van der Waals surface area contributed by atoms with Crippen molar-refractivity contribution in [2.75, 3.05) is 30.2 Å². The SMILES string of the molecule is COC(=O)C(=O)CCl.Cn1nc(N)cc1C(C)(C)C.Cn1nc(N2CC(Cl)=C(O)C2=O)cc1C(C)(C)C. The predicted octanol–water partition coefficient (Wildman–Crippen LogP) is 3.34. The van der Waals surface area contributed by atoms with E-state index < -0.39 is 17.7 Å². The number of esters is 1. The van der Waals surface area contributed by atoms with E-state index in [9.17, 15) is 19.5 Å². The molecule has 206 valence electrons. The quantitative estimate of drug-likeness (QED) is 0.331. The van der Waals surface area contributed by atoms with Gasteiger partial charge in [0.25, 0.3) is 11.7 Å². The molecular weight excluding hydrogens is 523 g/mol. The van der Waals surface area contributed by atoms with Gasteiger partial charge in [0.15, 0.2) is 11.6 Å². The molecule has 1 aliphatic rings. The number of ether oxygens (including phenoxy) is 1. The second kappa shape index (κ2) is 12.5. The molecular formula is C24H36Cl2N6O5. The third-order valence-corrected chi connectivity index (χ3v) is 5.66. The first-order valence-corrected chi connectivity index (χ1v) is 12.2. The lowest BCUT2D eigenvalue weighted by Gasteiger charge is -2.17. The number of ketones is 1. The summed E-state index contributed by atoms with van der Waals surface area (Å²) in [6, 6.07) is 3.76. The molecule has 0 fully saturated rings. The Kier molecular flexibility index (Phi) is 10.8. The largest absolute Gasteiger partial charge is 0.502 e. The Hall–Kier alpha value is -3.05. The first kappa shape index (κ1) is 32.0. The number of carbonyl (C=O) groups is 3. The molecule has 3 rings (SSSR count). The van der Waals surface area contributed by atoms with Crippen LogP contribution in [0.15, 0.2) is 22.9 Å². The van der Waals surface area contributed by atoms with Crippen LogP contribution < -0.4 is 10.6 Å². The Morgan fingerprint density at radius 3 is 1.81 bits per heavy atom. The fourth-order valence-corrected chi connectivity index (χ4v) is 3.67. The van der Waals surface area contributed by atoms with Crippen LogP contribution in [0.3, 0.4) is 0 Å². The monoisotopic (exact) mass is 558 g/mol. The van der Waals surface area contributed by atoms with E-state index in [0.29, 0.717) is 11.6 Å². The summed E-state index contributed by atoms with van der Waals surface area (Å²) in [5.41, 5.74) is 7.77. The van der Waals surface area contributed by atoms with Crippen LogP contribution in [0.5, 0.6) is 0 Å². The van der Waals surface area contributed by atoms with Crippen molar-refractivity contribution >= 4 is 52.5 Å². The number of methoxy groups -OCH3 is 1. The number of Topliss-reactive ketones (excluding diaryl/α,β-unsaturated/α-hetero) is 1. The number of aromatic nitrogens is 4. The molecule has 37 heavy (non-hydrogen) atoms. The summed E-state index contributed by atoms with van der Waals surface area (Å²) in [5, 5.41) is 18.0. The molecule has 0 radical (unpaired) electrons. The number of hydrogen-bond donors (Lipinski definition) is 2. The molecule has 13 heteroatoms. The van der Waals surface area contributed by atoms with Gasteiger partial charge in [-0.2, -0.15) is 10.2 Å². The number of rotatable bonds is 3. The minimum absolute atomic E-state index is 0.0674. The van der Waals surface area contributed by atoms with Crippen LogP contribution in [0.1, 0.15) is 52.9 Å². The molecule has 1 amide bonds. The minimum Gasteiger partial charge on any atom is -0.502 e. The fourth-order valence-electron chi connectivity index (χ4n) is 3.36. The Bertz CT molecular complexity index is 1160. The zero-order valence-electron chi connectivity index (χ0n) is 22.7. The molecule has 0 aliphatic carbocycles. The van der Waals surface area contributed by atoms with Crippen molar-refractivity contribution in [3.05, 3.63) is 34.3 Å². The average molecular weight is 559 g/mol. The molecule has 0 spiro atoms. The molecule has 3 heterocycles. The second-order valence-electron chi connectivity index (χ2n) is 10.3. The highest BCUT2D eigenvalue weighted by molar-refractivity contribution is 6.45. The number of aliphatic hydroxyl groups is 1. The van der Waals surface area contributed by atoms with E-state index in [1.165, 1.54) is 4.90 Å². The van der Waals surface area contributed by atoms with Crippen LogP contribution in [0.25, 0.3) is 0 Å². The van der Waals surface area contributed by atoms with Crippen molar-refractivity contribution in [2.24, 2.45) is 14.1 Å². The smallest absolute Gasteiger partial charge is 0.375 e. The molecule has 0 aromatic carbocycles. The Morgan fingerprint density at radius 2 is 1.54 bits per heavy atom. The number of hydrogen-bond acceptors (Lipinski definition) is 8. The number of nitrogens with zero attached hydrogens (tertiary/aromatic N) is 5. The van der Waals surface area contributed by atoms with Gasteiger partial charge >= 0.3 is 5.97 Å². The summed E-state index contributed by atoms with van der Waals surface area (Å²) in [4.78, 5) is 33.4. The Labute approximate surface area is 227 Å². The Morgan fingerprint density at radius 1 is 1.05 bits per heavy atom. The highest BCUT2D eigenvalue weighted by atomic mass is 35.5. The lowest BCUT2D eigenvalue weighted by atomic mass is 9.92. The van der Waals surface area contributed by atoms with E-state index in [4.69, 9.17) is 28.9 Å². The molecule has 0 saturated carbocycles. The van der Waals surface area contributed by atoms with Crippen molar-refractivity contribution in [1.29, 1.82) is 0 Å². The highest BCUT2D eigenvalue weighted by Gasteiger charge is 2.33. The van der Waals surface area contributed by atoms with E-state index in [2.05, 4.69) is 56.5 Å². The van der Waals surface area contributed by atoms with Crippen LogP contribution >= 0.6 is 23.2 Å². The number of alkyl halides is 1. The summed E-state index contributed by atoms with van der Waals surface area (Å²) >= 11 is 10.7. The molecule has 0 bridgehead atoms. The van der Waals surface area contributed by atoms with Gasteiger partial charge in [-0.1, -0.05) is 53.1 Å². The lowest BCUT2D eigenvalue weighted by molar-refractivity contribution is -0.150. The van der Waals surface area contributed by atoms with Gasteiger partial charge < -0.3 is 15.6 Å². The molecule has 11 nitrogen and oxygen atoms in total. The number of amides is 1. The van der Waals surface area contributed by atoms with Crippen molar-refractivity contribution in [2.45, 2.75) is 52.4 Å². The molecule has 0 saturated heterocycles. The third kappa shape index (κ3) is 8.50. The van der Waals surface area contributed by atoms with E-state index >= 15 is 0 Å². The van der Waals surface area contributed by atoms with Gasteiger partial charge in [0.2, 0.25) is 0 Å². The molecule has 2 aromatic rings. The topological polar surface area (TPSA) is 146 Å². The summed E-state index contributed by atoms with van der Waals surface area (Å²) < 4.78 is 7.60. The van der Waals surface area contributed by atoms with E-state index in [1.54, 1.807) is 4.68 Å². The number of nitrogens with two attached hydrogens (primary N) is 1. The van der Waals surface area contributed by atoms with E-state index in [1.807, 2.05) is 30.9 Å². The maximum Gasteiger partial charge on any atom is 0.375 e. The maximum absolute atomic E-state index is 11.8. The minimum atomic E-state index is -0.889. The highest BCUT2D eigenvalue weighted by Crippen LogP contribution is 2.30. The van der Waals surface area contributed by atoms with Crippen LogP contribution in [0.2, 0.25) is 0 Å². The normalized spacial score (nSPS) is 13.6. The Balaban J connectivity index is 0.000000308. The molecule has 0 unspecified atom stereocenters. The molecule has 2 aromatic heterocycles. The van der Waals surface area contributed by atoms with Crippen LogP contribution in [0, 0.1) is 0 Å². The number of halogens is 2. The number of aryl methyl sites for hydroxylation is 2. The first-order valence-electron chi connectivity index (χ1n) is 11.3. The third-order valence-electron chi connectivity index (χ3n) is 5.12. The average Bonchev–Trinajstić information content (AvgIpc) is 3.43. The van der Waals surface area contributed by atoms with Crippen molar-refractivity contribution in [3.63, 3.8) is 0 Å². The van der Waals surface area contributed by atoms with Crippen LogP contribution in [-0.4, -0.2) is 61.9 Å². The number of carbonyl (C=O) groups excluding carboxylic acids is 3. The summed E-state index contributed by atoms with van der Waals surface area (Å²) in [7, 11) is 4.88. The van der Waals surface area contributed by atoms with Crippen LogP contribution in [-0.2, 0) is 44.0 Å². The van der Waals surface area contributed by atoms with Gasteiger partial charge in [0.05, 0.1) is 24.6 Å². The zero-order valence-corrected chi connectivity index (χ0v) is 24.2. The van der Waals surface area contributed by atoms with E-state index in [-0.39, 0.29) is 34.0 Å². The number of aliphatic hydroxyl groups excluding tert-OH is 1. The first-order chi connectivity index (χ1) is 16.8. The standard InChI is InChI=1S/C12H16ClN3O2.C8H15N3.C4H5ClO3/c1-12(2,3)8-5-9(14-15(8)4)16-6-7(13)10(17)11(16)18;1-8(2,3)6-5-7(9)10-11(6)4;1-8-4(7)3(6)2-5/h5,17H,6H2,1-4H3;5H,1-4H3,(H2,9,10);2H2,1H3. The second-order valence-corrected chi connectivity index (χ2v) is 11.0. The number of anilines is 2. The van der Waals surface area contributed by atoms with E-state index in [0.717, 1.165) is 18.5 Å². The van der Waals surface area contributed by atoms with Gasteiger partial charge in [-0.05, 0) is 0 Å². The summed E-state index contributed by atoms with van der Waals surface area (Å²) in [6.45, 7) is 12.8. The maximum atomic E-state index is 11.8. The fraction of sp³-hybridized carbons (Fsp3) is 0.542. The van der Waals surface area contributed by atoms with Crippen LogP contribution in [0.4, 0.5) is 11.6 Å². The number of nitrogen functional groups attached to an aromatic ring is 1. The zero-order chi connectivity index (χ0) is 28.9. The van der Waals surface area contributed by atoms with Gasteiger partial charge in [-0.25, -0.2) is 4.79 Å². The predicted molar refractivity (Wildman–Crippen MR) is 144 cm³/mol. The van der Waals surface area contributed by atoms with Crippen molar-refractivity contribution in [1.82, 2.24) is 19.6 Å². The van der Waals surface area contributed by atoms with Gasteiger partial charge in [-0.15, -0.1) is 11.6 Å². The lowest BCUT2D eigenvalue weighted by Crippen LogP contribution is -2.27. The van der Waals surface area contributed by atoms with Gasteiger partial charge in [0, 0.05) is 48.4 Å². The molecule has 1 aliphatic heterocycles. The van der Waals surface area contributed by atoms with Crippen molar-refractivity contribution in [3.8, 4) is 0 Å².